The van der Waals surface area contributed by atoms with Crippen LogP contribution in [-0.2, 0) is 53.8 Å². The molecule has 5 aromatic rings. The first kappa shape index (κ1) is 63.1. The summed E-state index contributed by atoms with van der Waals surface area (Å²) in [5.41, 5.74) is -2.46. The first-order valence-electron chi connectivity index (χ1n) is 31.5. The molecule has 1 saturated carbocycles. The number of benzene rings is 2. The van der Waals surface area contributed by atoms with Crippen molar-refractivity contribution in [1.82, 2.24) is 39.7 Å². The number of aromatic nitrogens is 6. The number of ketones is 1. The molecule has 5 N–H and O–H groups in total. The second-order valence-corrected chi connectivity index (χ2v) is 33.1. The van der Waals surface area contributed by atoms with Crippen molar-refractivity contribution in [2.45, 2.75) is 189 Å². The van der Waals surface area contributed by atoms with Crippen LogP contribution >= 0.6 is 11.8 Å². The highest BCUT2D eigenvalue weighted by Gasteiger charge is 2.84. The van der Waals surface area contributed by atoms with Crippen molar-refractivity contribution >= 4 is 54.4 Å². The van der Waals surface area contributed by atoms with Gasteiger partial charge in [0.15, 0.2) is 24.9 Å². The van der Waals surface area contributed by atoms with Gasteiger partial charge in [-0.1, -0.05) is 74.5 Å². The van der Waals surface area contributed by atoms with Gasteiger partial charge in [-0.2, -0.15) is 0 Å². The third kappa shape index (κ3) is 10.3. The lowest BCUT2D eigenvalue weighted by molar-refractivity contribution is -0.222. The number of esters is 1. The number of fused-ring (bicyclic) bond motifs is 6. The second kappa shape index (κ2) is 23.4. The molecular formula is C66H91N9O10SSi. The number of piperidine rings is 1. The Kier molecular flexibility index (Phi) is 16.9. The molecule has 3 fully saturated rings. The Morgan fingerprint density at radius 1 is 1.01 bits per heavy atom. The van der Waals surface area contributed by atoms with Gasteiger partial charge in [0.25, 0.3) is 0 Å². The number of methoxy groups -OCH3 is 2. The molecule has 5 aliphatic heterocycles. The van der Waals surface area contributed by atoms with E-state index >= 15 is 9.59 Å². The van der Waals surface area contributed by atoms with Crippen LogP contribution in [0, 0.1) is 17.3 Å². The van der Waals surface area contributed by atoms with E-state index in [4.69, 9.17) is 13.9 Å². The highest BCUT2D eigenvalue weighted by atomic mass is 32.2. The Hall–Kier alpha value is -5.52. The number of carboxylic acid groups (broad SMARTS) is 1. The minimum Gasteiger partial charge on any atom is -0.497 e. The van der Waals surface area contributed by atoms with Gasteiger partial charge in [-0.05, 0) is 133 Å². The van der Waals surface area contributed by atoms with E-state index in [1.54, 1.807) is 42.1 Å². The number of carboxylic acids is 1. The lowest BCUT2D eigenvalue weighted by Crippen LogP contribution is -2.86. The molecule has 1 aliphatic carbocycles. The van der Waals surface area contributed by atoms with Gasteiger partial charge in [0.05, 0.1) is 49.1 Å². The lowest BCUT2D eigenvalue weighted by atomic mass is 9.41. The number of unbranched alkanes of at least 4 members (excludes halogenated alkanes) is 1. The van der Waals surface area contributed by atoms with Crippen molar-refractivity contribution in [3.8, 4) is 5.75 Å². The molecule has 0 radical (unpaired) electrons. The maximum atomic E-state index is 16.0. The summed E-state index contributed by atoms with van der Waals surface area (Å²) in [6, 6.07) is 11.8. The first-order chi connectivity index (χ1) is 41.3. The van der Waals surface area contributed by atoms with E-state index in [1.807, 2.05) is 52.1 Å². The molecule has 87 heavy (non-hydrogen) atoms. The number of carbonyl (C=O) groups excluding carboxylic acids is 2. The summed E-state index contributed by atoms with van der Waals surface area (Å²) in [4.78, 5) is 63.6. The van der Waals surface area contributed by atoms with Crippen molar-refractivity contribution in [2.24, 2.45) is 17.3 Å². The van der Waals surface area contributed by atoms with Crippen LogP contribution in [0.5, 0.6) is 5.75 Å². The zero-order valence-corrected chi connectivity index (χ0v) is 54.6. The molecule has 2 saturated heterocycles. The number of H-pyrrole nitrogens is 1. The van der Waals surface area contributed by atoms with E-state index < -0.39 is 82.7 Å². The SMILES string of the molecule is CC[C@@H](Cc1cn(Cc2cnc(SC[Si](C)(C)OC(C)(C)CCCCC(=O)[C@@]3(O)[C@H](O)[C@]4(CC)C=CCN5CC[C@@]6(c7c(cc(OC)cc7[C@@]7(C(=O)OC)C[C@H]8CN(CCc9c7[nH]c7ccccc97)C[C@](O)(CC)C8)N(C)[C@@]36C)[C@@H]54)nc2)nn1)C(=O)O. The van der Waals surface area contributed by atoms with Crippen LogP contribution in [0.2, 0.25) is 13.1 Å². The van der Waals surface area contributed by atoms with E-state index in [0.717, 1.165) is 39.0 Å². The van der Waals surface area contributed by atoms with Crippen LogP contribution in [-0.4, -0.2) is 180 Å². The van der Waals surface area contributed by atoms with E-state index in [0.29, 0.717) is 137 Å². The van der Waals surface area contributed by atoms with E-state index in [1.165, 1.54) is 7.11 Å². The fourth-order valence-corrected chi connectivity index (χ4v) is 21.5. The molecule has 19 nitrogen and oxygen atoms in total. The molecule has 3 aromatic heterocycles. The highest BCUT2D eigenvalue weighted by molar-refractivity contribution is 8.00. The number of hydrogen-bond acceptors (Lipinski definition) is 17. The largest absolute Gasteiger partial charge is 0.497 e. The number of nitrogens with one attached hydrogen (secondary N) is 1. The Bertz CT molecular complexity index is 3450. The maximum Gasteiger partial charge on any atom is 0.322 e. The highest BCUT2D eigenvalue weighted by Crippen LogP contribution is 2.73. The number of rotatable bonds is 22. The fourth-order valence-electron chi connectivity index (χ4n) is 17.5. The van der Waals surface area contributed by atoms with Crippen LogP contribution in [0.3, 0.4) is 0 Å². The minimum atomic E-state index is -2.33. The molecule has 0 amide bonds. The number of ether oxygens (including phenoxy) is 2. The number of aliphatic hydroxyl groups excluding tert-OH is 1. The van der Waals surface area contributed by atoms with Crippen molar-refractivity contribution in [3.63, 3.8) is 0 Å². The van der Waals surface area contributed by atoms with E-state index in [2.05, 4.69) is 98.1 Å². The third-order valence-electron chi connectivity index (χ3n) is 21.6. The number of hydrogen-bond donors (Lipinski definition) is 5. The summed E-state index contributed by atoms with van der Waals surface area (Å²) in [5.74, 6) is -1.84. The van der Waals surface area contributed by atoms with Gasteiger partial charge in [0, 0.05) is 121 Å². The van der Waals surface area contributed by atoms with E-state index in [9.17, 15) is 25.2 Å². The van der Waals surface area contributed by atoms with Gasteiger partial charge >= 0.3 is 11.9 Å². The number of thioether (sulfide) groups is 1. The van der Waals surface area contributed by atoms with Gasteiger partial charge in [0.1, 0.15) is 17.3 Å². The number of aliphatic carboxylic acids is 1. The zero-order valence-electron chi connectivity index (χ0n) is 52.8. The van der Waals surface area contributed by atoms with Crippen LogP contribution in [0.25, 0.3) is 10.9 Å². The molecule has 1 spiro atoms. The Morgan fingerprint density at radius 3 is 2.47 bits per heavy atom. The van der Waals surface area contributed by atoms with Gasteiger partial charge in [-0.3, -0.25) is 24.2 Å². The third-order valence-corrected chi connectivity index (χ3v) is 26.5. The maximum absolute atomic E-state index is 16.0. The number of aliphatic hydroxyl groups is 3. The lowest BCUT2D eigenvalue weighted by Gasteiger charge is -2.68. The summed E-state index contributed by atoms with van der Waals surface area (Å²) in [6.07, 6.45) is 13.6. The number of likely N-dealkylation sites (N-methyl/N-ethyl adjacent to an activating group) is 1. The molecule has 6 aliphatic rings. The van der Waals surface area contributed by atoms with Gasteiger partial charge in [-0.25, -0.2) is 14.6 Å². The summed E-state index contributed by atoms with van der Waals surface area (Å²) >= 11 is 1.55. The van der Waals surface area contributed by atoms with Gasteiger partial charge in [0.2, 0.25) is 0 Å². The average molecular weight is 1230 g/mol. The summed E-state index contributed by atoms with van der Waals surface area (Å²) in [7, 11) is 2.71. The normalized spacial score (nSPS) is 30.6. The van der Waals surface area contributed by atoms with Crippen LogP contribution in [0.4, 0.5) is 5.69 Å². The molecular weight excluding hydrogens is 1140 g/mol. The minimum absolute atomic E-state index is 0.0166. The van der Waals surface area contributed by atoms with Crippen molar-refractivity contribution < 1.29 is 48.7 Å². The summed E-state index contributed by atoms with van der Waals surface area (Å²) in [5, 5.41) is 60.3. The van der Waals surface area contributed by atoms with Crippen molar-refractivity contribution in [3.05, 3.63) is 101 Å². The standard InChI is InChI=1S/C66H91N9O10SSi/c1-12-44(55(77)78)30-45-39-75(71-70-45)38-43-35-67-59(68-36-43)86-41-87(10,11)85-60(4,5)24-18-17-22-52(76)66(82)57(79)63(14-3)25-19-27-74-29-26-65(56(63)74)53-49(31-46(83-8)32-51(53)72(7)61(65,66)6)64(58(80)84-9)34-42-33-62(81,13-2)40-73(37-42)28-23-48-47-20-15-16-21-50(47)69-54(48)64/h15-16,19-21,25,31-32,35-36,39,42,44,56-57,69,79,81-82H,12-14,17-18,22-24,26-30,33-34,37-38,40-41H2,1-11H3,(H,77,78)/t42-,44-,56-,57+,61+,62-,63+,64-,65+,66+/m0/s1. The average Bonchev–Trinajstić information content (AvgIpc) is 1.52. The predicted octanol–water partition coefficient (Wildman–Crippen LogP) is 8.18. The zero-order chi connectivity index (χ0) is 62.3. The molecule has 2 bridgehead atoms. The molecule has 2 aromatic carbocycles. The molecule has 21 heteroatoms. The predicted molar refractivity (Wildman–Crippen MR) is 337 cm³/mol. The first-order valence-corrected chi connectivity index (χ1v) is 35.6. The Morgan fingerprint density at radius 2 is 1.77 bits per heavy atom. The second-order valence-electron chi connectivity index (χ2n) is 27.6. The summed E-state index contributed by atoms with van der Waals surface area (Å²) < 4.78 is 21.1. The van der Waals surface area contributed by atoms with Gasteiger partial charge < -0.3 is 44.2 Å². The van der Waals surface area contributed by atoms with Gasteiger partial charge in [-0.15, -0.1) is 5.10 Å². The number of anilines is 1. The van der Waals surface area contributed by atoms with Crippen LogP contribution < -0.4 is 9.64 Å². The number of para-hydroxylation sites is 1. The number of Topliss-reactive ketones (excluding diaryl/α,β-unsaturated/α-hetero) is 1. The Balaban J connectivity index is 0.888. The molecule has 470 valence electrons. The molecule has 1 unspecified atom stereocenters. The molecule has 11 atom stereocenters. The van der Waals surface area contributed by atoms with Crippen LogP contribution in [0.1, 0.15) is 139 Å². The smallest absolute Gasteiger partial charge is 0.322 e. The topological polar surface area (TPSA) is 242 Å². The molecule has 8 heterocycles. The van der Waals surface area contributed by atoms with Crippen molar-refractivity contribution in [2.75, 3.05) is 64.3 Å². The van der Waals surface area contributed by atoms with E-state index in [-0.39, 0.29) is 12.3 Å². The quantitative estimate of drug-likeness (QED) is 0.0110. The van der Waals surface area contributed by atoms with Crippen molar-refractivity contribution in [1.29, 1.82) is 0 Å². The monoisotopic (exact) mass is 1230 g/mol. The number of aromatic amines is 1. The fraction of sp³-hybridized carbons (Fsp3) is 0.621. The number of carbonyl (C=O) groups is 3. The Labute approximate surface area is 517 Å². The van der Waals surface area contributed by atoms with Crippen LogP contribution in [0.15, 0.2) is 72.3 Å². The summed E-state index contributed by atoms with van der Waals surface area (Å²) in [6.45, 7) is 20.1. The molecule has 11 rings (SSSR count). The number of nitrogens with zero attached hydrogens (tertiary/aromatic N) is 8.